The first-order valence-corrected chi connectivity index (χ1v) is 9.25. The lowest BCUT2D eigenvalue weighted by Crippen LogP contribution is -2.47. The van der Waals surface area contributed by atoms with E-state index in [1.54, 1.807) is 18.2 Å². The summed E-state index contributed by atoms with van der Waals surface area (Å²) in [5, 5.41) is 0. The van der Waals surface area contributed by atoms with E-state index in [2.05, 4.69) is 4.90 Å². The largest absolute Gasteiger partial charge is 0.465 e. The molecule has 2 aliphatic heterocycles. The zero-order valence-corrected chi connectivity index (χ0v) is 15.9. The predicted octanol–water partition coefficient (Wildman–Crippen LogP) is 2.26. The van der Waals surface area contributed by atoms with Crippen LogP contribution in [0.3, 0.4) is 0 Å². The molecule has 158 valence electrons. The molecule has 1 aromatic rings. The SMILES string of the molecule is COC(=O)c1cccc(CN2CCC(N3CC(=O)N(CC(F)(F)F)C3=O)CC2)c1. The van der Waals surface area contributed by atoms with Gasteiger partial charge in [0.15, 0.2) is 0 Å². The molecule has 2 heterocycles. The molecule has 0 unspecified atom stereocenters. The number of carbonyl (C=O) groups is 3. The molecule has 0 bridgehead atoms. The Balaban J connectivity index is 1.55. The van der Waals surface area contributed by atoms with E-state index in [0.29, 0.717) is 38.0 Å². The van der Waals surface area contributed by atoms with Crippen molar-refractivity contribution in [3.05, 3.63) is 35.4 Å². The molecule has 0 radical (unpaired) electrons. The minimum atomic E-state index is -4.61. The molecule has 29 heavy (non-hydrogen) atoms. The van der Waals surface area contributed by atoms with E-state index in [0.717, 1.165) is 5.56 Å². The molecule has 1 aromatic carbocycles. The average molecular weight is 413 g/mol. The predicted molar refractivity (Wildman–Crippen MR) is 96.0 cm³/mol. The fourth-order valence-corrected chi connectivity index (χ4v) is 3.74. The van der Waals surface area contributed by atoms with Crippen molar-refractivity contribution >= 4 is 17.9 Å². The molecule has 10 heteroatoms. The molecular formula is C19H22F3N3O4. The summed E-state index contributed by atoms with van der Waals surface area (Å²) in [5.41, 5.74) is 1.40. The van der Waals surface area contributed by atoms with Crippen LogP contribution in [0.2, 0.25) is 0 Å². The van der Waals surface area contributed by atoms with Crippen LogP contribution in [0.25, 0.3) is 0 Å². The van der Waals surface area contributed by atoms with Crippen molar-refractivity contribution in [2.24, 2.45) is 0 Å². The van der Waals surface area contributed by atoms with Gasteiger partial charge in [0.25, 0.3) is 5.91 Å². The molecule has 0 atom stereocenters. The van der Waals surface area contributed by atoms with Crippen LogP contribution < -0.4 is 0 Å². The zero-order chi connectivity index (χ0) is 21.2. The summed E-state index contributed by atoms with van der Waals surface area (Å²) in [4.78, 5) is 39.4. The van der Waals surface area contributed by atoms with Crippen molar-refractivity contribution in [2.45, 2.75) is 31.6 Å². The first-order valence-electron chi connectivity index (χ1n) is 9.25. The van der Waals surface area contributed by atoms with Crippen molar-refractivity contribution in [3.63, 3.8) is 0 Å². The number of likely N-dealkylation sites (tertiary alicyclic amines) is 1. The number of hydrogen-bond acceptors (Lipinski definition) is 5. The van der Waals surface area contributed by atoms with Crippen LogP contribution in [0.1, 0.15) is 28.8 Å². The normalized spacial score (nSPS) is 19.2. The zero-order valence-electron chi connectivity index (χ0n) is 15.9. The number of amides is 3. The van der Waals surface area contributed by atoms with Crippen LogP contribution in [0.5, 0.6) is 0 Å². The molecule has 0 N–H and O–H groups in total. The van der Waals surface area contributed by atoms with Gasteiger partial charge in [-0.25, -0.2) is 9.59 Å². The molecular weight excluding hydrogens is 391 g/mol. The van der Waals surface area contributed by atoms with Crippen LogP contribution in [-0.2, 0) is 16.1 Å². The molecule has 7 nitrogen and oxygen atoms in total. The maximum absolute atomic E-state index is 12.6. The van der Waals surface area contributed by atoms with E-state index >= 15 is 0 Å². The summed E-state index contributed by atoms with van der Waals surface area (Å²) in [5.74, 6) is -1.22. The summed E-state index contributed by atoms with van der Waals surface area (Å²) in [6.07, 6.45) is -3.48. The quantitative estimate of drug-likeness (QED) is 0.547. The summed E-state index contributed by atoms with van der Waals surface area (Å²) in [7, 11) is 1.32. The Morgan fingerprint density at radius 2 is 1.90 bits per heavy atom. The van der Waals surface area contributed by atoms with Gasteiger partial charge in [0.1, 0.15) is 13.1 Å². The van der Waals surface area contributed by atoms with Gasteiger partial charge in [-0.1, -0.05) is 12.1 Å². The number of hydrogen-bond donors (Lipinski definition) is 0. The van der Waals surface area contributed by atoms with Crippen LogP contribution in [-0.4, -0.2) is 78.1 Å². The molecule has 0 saturated carbocycles. The van der Waals surface area contributed by atoms with E-state index in [1.807, 2.05) is 6.07 Å². The van der Waals surface area contributed by atoms with Gasteiger partial charge in [-0.15, -0.1) is 0 Å². The maximum atomic E-state index is 12.6. The molecule has 0 aliphatic carbocycles. The highest BCUT2D eigenvalue weighted by Gasteiger charge is 2.45. The minimum absolute atomic E-state index is 0.262. The molecule has 0 aromatic heterocycles. The minimum Gasteiger partial charge on any atom is -0.465 e. The number of carbonyl (C=O) groups excluding carboxylic acids is 3. The van der Waals surface area contributed by atoms with Crippen molar-refractivity contribution < 1.29 is 32.3 Å². The van der Waals surface area contributed by atoms with Gasteiger partial charge in [-0.05, 0) is 30.5 Å². The average Bonchev–Trinajstić information content (AvgIpc) is 2.95. The van der Waals surface area contributed by atoms with Gasteiger partial charge in [0.2, 0.25) is 0 Å². The Labute approximate surface area is 166 Å². The molecule has 2 saturated heterocycles. The van der Waals surface area contributed by atoms with Crippen LogP contribution in [0.15, 0.2) is 24.3 Å². The van der Waals surface area contributed by atoms with E-state index in [1.165, 1.54) is 12.0 Å². The van der Waals surface area contributed by atoms with Crippen LogP contribution in [0.4, 0.5) is 18.0 Å². The van der Waals surface area contributed by atoms with Gasteiger partial charge in [0, 0.05) is 25.7 Å². The van der Waals surface area contributed by atoms with Crippen molar-refractivity contribution in [2.75, 3.05) is 33.3 Å². The number of rotatable bonds is 5. The highest BCUT2D eigenvalue weighted by Crippen LogP contribution is 2.26. The van der Waals surface area contributed by atoms with Gasteiger partial charge in [-0.3, -0.25) is 14.6 Å². The third-order valence-corrected chi connectivity index (χ3v) is 5.17. The standard InChI is InChI=1S/C19H22F3N3O4/c1-29-17(27)14-4-2-3-13(9-14)10-23-7-5-15(6-8-23)24-11-16(26)25(18(24)28)12-19(20,21)22/h2-4,9,15H,5-8,10-12H2,1H3. The molecule has 3 rings (SSSR count). The van der Waals surface area contributed by atoms with Crippen molar-refractivity contribution in [1.29, 1.82) is 0 Å². The Morgan fingerprint density at radius 1 is 1.21 bits per heavy atom. The van der Waals surface area contributed by atoms with Gasteiger partial charge >= 0.3 is 18.2 Å². The fourth-order valence-electron chi connectivity index (χ4n) is 3.74. The molecule has 3 amide bonds. The van der Waals surface area contributed by atoms with Gasteiger partial charge in [0.05, 0.1) is 12.7 Å². The number of ether oxygens (including phenoxy) is 1. The van der Waals surface area contributed by atoms with E-state index in [9.17, 15) is 27.6 Å². The van der Waals surface area contributed by atoms with Crippen molar-refractivity contribution in [3.8, 4) is 0 Å². The number of piperidine rings is 1. The smallest absolute Gasteiger partial charge is 0.406 e. The number of esters is 1. The summed E-state index contributed by atoms with van der Waals surface area (Å²) < 4.78 is 42.5. The monoisotopic (exact) mass is 413 g/mol. The third-order valence-electron chi connectivity index (χ3n) is 5.17. The number of halogens is 3. The Kier molecular flexibility index (Phi) is 6.11. The Bertz CT molecular complexity index is 791. The molecule has 0 spiro atoms. The number of urea groups is 1. The fraction of sp³-hybridized carbons (Fsp3) is 0.526. The summed E-state index contributed by atoms with van der Waals surface area (Å²) >= 11 is 0. The number of methoxy groups -OCH3 is 1. The highest BCUT2D eigenvalue weighted by atomic mass is 19.4. The first kappa shape index (κ1) is 21.1. The lowest BCUT2D eigenvalue weighted by Gasteiger charge is -2.36. The lowest BCUT2D eigenvalue weighted by atomic mass is 10.0. The maximum Gasteiger partial charge on any atom is 0.406 e. The number of imide groups is 1. The van der Waals surface area contributed by atoms with Crippen LogP contribution >= 0.6 is 0 Å². The lowest BCUT2D eigenvalue weighted by molar-refractivity contribution is -0.151. The second-order valence-corrected chi connectivity index (χ2v) is 7.20. The van der Waals surface area contributed by atoms with Crippen molar-refractivity contribution in [1.82, 2.24) is 14.7 Å². The number of nitrogens with zero attached hydrogens (tertiary/aromatic N) is 3. The Hall–Kier alpha value is -2.62. The van der Waals surface area contributed by atoms with Gasteiger partial charge < -0.3 is 9.64 Å². The number of alkyl halides is 3. The summed E-state index contributed by atoms with van der Waals surface area (Å²) in [6.45, 7) is 0.0106. The van der Waals surface area contributed by atoms with Gasteiger partial charge in [-0.2, -0.15) is 13.2 Å². The second-order valence-electron chi connectivity index (χ2n) is 7.20. The Morgan fingerprint density at radius 3 is 2.52 bits per heavy atom. The first-order chi connectivity index (χ1) is 13.7. The van der Waals surface area contributed by atoms with E-state index in [4.69, 9.17) is 4.74 Å². The molecule has 2 fully saturated rings. The third kappa shape index (κ3) is 5.06. The highest BCUT2D eigenvalue weighted by molar-refractivity contribution is 6.02. The van der Waals surface area contributed by atoms with E-state index < -0.39 is 30.6 Å². The summed E-state index contributed by atoms with van der Waals surface area (Å²) in [6, 6.07) is 5.98. The number of benzene rings is 1. The van der Waals surface area contributed by atoms with Crippen LogP contribution in [0, 0.1) is 0 Å². The topological polar surface area (TPSA) is 70.2 Å². The van der Waals surface area contributed by atoms with E-state index in [-0.39, 0.29) is 17.5 Å². The second kappa shape index (κ2) is 8.40. The molecule has 2 aliphatic rings.